The standard InChI is InChI=1S/C16H17NO5/c1-10(11-6-8-21-9-7-11)16(20)22-17-14(18)12-4-2-3-5-13(12)15(17)19/h2-5,10-11H,6-9H2,1H3/t10-/m1/s1. The number of amides is 2. The second kappa shape index (κ2) is 5.88. The molecule has 0 N–H and O–H groups in total. The number of nitrogens with zero attached hydrogens (tertiary/aromatic N) is 1. The molecule has 0 saturated carbocycles. The molecule has 0 unspecified atom stereocenters. The molecule has 1 saturated heterocycles. The van der Waals surface area contributed by atoms with E-state index in [1.54, 1.807) is 31.2 Å². The summed E-state index contributed by atoms with van der Waals surface area (Å²) in [6, 6.07) is 6.43. The second-order valence-corrected chi connectivity index (χ2v) is 5.60. The van der Waals surface area contributed by atoms with Crippen LogP contribution in [0.3, 0.4) is 0 Å². The average Bonchev–Trinajstić information content (AvgIpc) is 2.80. The van der Waals surface area contributed by atoms with Gasteiger partial charge in [-0.2, -0.15) is 0 Å². The minimum Gasteiger partial charge on any atom is -0.381 e. The average molecular weight is 303 g/mol. The summed E-state index contributed by atoms with van der Waals surface area (Å²) in [5.41, 5.74) is 0.526. The lowest BCUT2D eigenvalue weighted by molar-refractivity contribution is -0.176. The number of ether oxygens (including phenoxy) is 1. The van der Waals surface area contributed by atoms with E-state index >= 15 is 0 Å². The highest BCUT2D eigenvalue weighted by Crippen LogP contribution is 2.27. The van der Waals surface area contributed by atoms with Crippen molar-refractivity contribution in [2.45, 2.75) is 19.8 Å². The Morgan fingerprint density at radius 2 is 1.73 bits per heavy atom. The molecule has 3 rings (SSSR count). The van der Waals surface area contributed by atoms with E-state index in [1.807, 2.05) is 0 Å². The molecule has 1 atom stereocenters. The van der Waals surface area contributed by atoms with Gasteiger partial charge in [-0.15, -0.1) is 0 Å². The van der Waals surface area contributed by atoms with Gasteiger partial charge in [0.25, 0.3) is 11.8 Å². The quantitative estimate of drug-likeness (QED) is 0.796. The van der Waals surface area contributed by atoms with Crippen LogP contribution in [0.15, 0.2) is 24.3 Å². The van der Waals surface area contributed by atoms with Gasteiger partial charge in [0.2, 0.25) is 0 Å². The Balaban J connectivity index is 1.70. The van der Waals surface area contributed by atoms with Crippen LogP contribution in [0.5, 0.6) is 0 Å². The van der Waals surface area contributed by atoms with Crippen molar-refractivity contribution in [3.8, 4) is 0 Å². The number of rotatable bonds is 3. The van der Waals surface area contributed by atoms with Gasteiger partial charge in [-0.25, -0.2) is 4.79 Å². The van der Waals surface area contributed by atoms with Crippen molar-refractivity contribution in [3.63, 3.8) is 0 Å². The van der Waals surface area contributed by atoms with Crippen LogP contribution >= 0.6 is 0 Å². The predicted molar refractivity (Wildman–Crippen MR) is 75.7 cm³/mol. The van der Waals surface area contributed by atoms with Crippen LogP contribution < -0.4 is 0 Å². The lowest BCUT2D eigenvalue weighted by Crippen LogP contribution is -2.37. The number of hydrogen-bond donors (Lipinski definition) is 0. The van der Waals surface area contributed by atoms with Crippen LogP contribution in [0.4, 0.5) is 0 Å². The maximum Gasteiger partial charge on any atom is 0.336 e. The second-order valence-electron chi connectivity index (χ2n) is 5.60. The van der Waals surface area contributed by atoms with Crippen LogP contribution in [0.25, 0.3) is 0 Å². The van der Waals surface area contributed by atoms with E-state index < -0.39 is 17.8 Å². The largest absolute Gasteiger partial charge is 0.381 e. The van der Waals surface area contributed by atoms with Crippen molar-refractivity contribution < 1.29 is 24.0 Å². The van der Waals surface area contributed by atoms with E-state index in [-0.39, 0.29) is 23.0 Å². The third-order valence-electron chi connectivity index (χ3n) is 4.28. The first kappa shape index (κ1) is 14.7. The Bertz CT molecular complexity index is 586. The molecule has 2 heterocycles. The van der Waals surface area contributed by atoms with Gasteiger partial charge in [0.1, 0.15) is 0 Å². The van der Waals surface area contributed by atoms with Crippen molar-refractivity contribution in [1.82, 2.24) is 5.06 Å². The van der Waals surface area contributed by atoms with Crippen LogP contribution in [-0.2, 0) is 14.4 Å². The molecule has 2 aliphatic rings. The van der Waals surface area contributed by atoms with E-state index in [0.29, 0.717) is 18.3 Å². The summed E-state index contributed by atoms with van der Waals surface area (Å²) >= 11 is 0. The lowest BCUT2D eigenvalue weighted by Gasteiger charge is -2.27. The number of hydroxylamine groups is 2. The summed E-state index contributed by atoms with van der Waals surface area (Å²) in [6.45, 7) is 3.00. The number of fused-ring (bicyclic) bond motifs is 1. The molecule has 1 aromatic carbocycles. The van der Waals surface area contributed by atoms with Crippen LogP contribution in [0.2, 0.25) is 0 Å². The van der Waals surface area contributed by atoms with Crippen LogP contribution in [0.1, 0.15) is 40.5 Å². The minimum atomic E-state index is -0.590. The lowest BCUT2D eigenvalue weighted by atomic mass is 9.87. The Hall–Kier alpha value is -2.21. The van der Waals surface area contributed by atoms with Gasteiger partial charge in [-0.1, -0.05) is 24.1 Å². The summed E-state index contributed by atoms with van der Waals surface area (Å²) in [5.74, 6) is -1.97. The van der Waals surface area contributed by atoms with Crippen molar-refractivity contribution in [3.05, 3.63) is 35.4 Å². The van der Waals surface area contributed by atoms with Gasteiger partial charge < -0.3 is 9.57 Å². The first-order valence-electron chi connectivity index (χ1n) is 7.37. The van der Waals surface area contributed by atoms with E-state index in [4.69, 9.17) is 9.57 Å². The Morgan fingerprint density at radius 3 is 2.27 bits per heavy atom. The maximum absolute atomic E-state index is 12.2. The van der Waals surface area contributed by atoms with Gasteiger partial charge in [-0.3, -0.25) is 9.59 Å². The normalized spacial score (nSPS) is 20.0. The zero-order chi connectivity index (χ0) is 15.7. The first-order chi connectivity index (χ1) is 10.6. The highest BCUT2D eigenvalue weighted by molar-refractivity contribution is 6.20. The van der Waals surface area contributed by atoms with Gasteiger partial charge in [0, 0.05) is 13.2 Å². The molecule has 0 aromatic heterocycles. The third kappa shape index (κ3) is 2.50. The molecule has 1 aromatic rings. The summed E-state index contributed by atoms with van der Waals surface area (Å²) in [6.07, 6.45) is 1.55. The molecule has 116 valence electrons. The molecule has 0 bridgehead atoms. The topological polar surface area (TPSA) is 72.9 Å². The van der Waals surface area contributed by atoms with Crippen molar-refractivity contribution >= 4 is 17.8 Å². The summed E-state index contributed by atoms with van der Waals surface area (Å²) in [7, 11) is 0. The highest BCUT2D eigenvalue weighted by atomic mass is 16.7. The molecular formula is C16H17NO5. The van der Waals surface area contributed by atoms with Gasteiger partial charge in [-0.05, 0) is 30.9 Å². The van der Waals surface area contributed by atoms with Crippen LogP contribution in [0, 0.1) is 11.8 Å². The molecule has 22 heavy (non-hydrogen) atoms. The SMILES string of the molecule is C[C@@H](C(=O)ON1C(=O)c2ccccc2C1=O)C1CCOCC1. The fourth-order valence-electron chi connectivity index (χ4n) is 2.83. The maximum atomic E-state index is 12.2. The smallest absolute Gasteiger partial charge is 0.336 e. The molecule has 1 fully saturated rings. The number of carbonyl (C=O) groups is 3. The molecule has 0 aliphatic carbocycles. The van der Waals surface area contributed by atoms with E-state index in [0.717, 1.165) is 12.8 Å². The zero-order valence-corrected chi connectivity index (χ0v) is 12.3. The van der Waals surface area contributed by atoms with Gasteiger partial charge in [0.05, 0.1) is 17.0 Å². The molecule has 6 heteroatoms. The minimum absolute atomic E-state index is 0.149. The van der Waals surface area contributed by atoms with Gasteiger partial charge in [0.15, 0.2) is 0 Å². The molecule has 6 nitrogen and oxygen atoms in total. The number of benzene rings is 1. The third-order valence-corrected chi connectivity index (χ3v) is 4.28. The summed E-state index contributed by atoms with van der Waals surface area (Å²) in [4.78, 5) is 41.6. The number of imide groups is 1. The molecular weight excluding hydrogens is 286 g/mol. The van der Waals surface area contributed by atoms with Crippen molar-refractivity contribution in [2.24, 2.45) is 11.8 Å². The Morgan fingerprint density at radius 1 is 1.18 bits per heavy atom. The van der Waals surface area contributed by atoms with E-state index in [9.17, 15) is 14.4 Å². The first-order valence-corrected chi connectivity index (χ1v) is 7.37. The highest BCUT2D eigenvalue weighted by Gasteiger charge is 2.40. The summed E-state index contributed by atoms with van der Waals surface area (Å²) < 4.78 is 5.27. The van der Waals surface area contributed by atoms with E-state index in [1.165, 1.54) is 0 Å². The van der Waals surface area contributed by atoms with Gasteiger partial charge >= 0.3 is 5.97 Å². The summed E-state index contributed by atoms with van der Waals surface area (Å²) in [5, 5.41) is 0.572. The van der Waals surface area contributed by atoms with Crippen molar-refractivity contribution in [2.75, 3.05) is 13.2 Å². The van der Waals surface area contributed by atoms with Crippen LogP contribution in [-0.4, -0.2) is 36.1 Å². The molecule has 0 radical (unpaired) electrons. The van der Waals surface area contributed by atoms with Crippen molar-refractivity contribution in [1.29, 1.82) is 0 Å². The molecule has 0 spiro atoms. The number of hydrogen-bond acceptors (Lipinski definition) is 5. The fraction of sp³-hybridized carbons (Fsp3) is 0.438. The number of carbonyl (C=O) groups excluding carboxylic acids is 3. The van der Waals surface area contributed by atoms with E-state index in [2.05, 4.69) is 0 Å². The Labute approximate surface area is 127 Å². The molecule has 2 amide bonds. The molecule has 2 aliphatic heterocycles. The monoisotopic (exact) mass is 303 g/mol. The predicted octanol–water partition coefficient (Wildman–Crippen LogP) is 1.80. The zero-order valence-electron chi connectivity index (χ0n) is 12.3. The fourth-order valence-corrected chi connectivity index (χ4v) is 2.83. The Kier molecular flexibility index (Phi) is 3.94.